The van der Waals surface area contributed by atoms with E-state index >= 15 is 0 Å². The van der Waals surface area contributed by atoms with Crippen LogP contribution in [-0.4, -0.2) is 304 Å². The highest BCUT2D eigenvalue weighted by Crippen LogP contribution is 2.27. The summed E-state index contributed by atoms with van der Waals surface area (Å²) in [6, 6.07) is 15.9. The van der Waals surface area contributed by atoms with Gasteiger partial charge >= 0.3 is 41.8 Å². The summed E-state index contributed by atoms with van der Waals surface area (Å²) < 4.78 is 264. The average Bonchev–Trinajstić information content (AvgIpc) is 0.841. The molecule has 0 heterocycles. The molecule has 848 valence electrons. The summed E-state index contributed by atoms with van der Waals surface area (Å²) in [7, 11) is -31.1. The number of aryl methyl sites for hydroxylation is 1. The Labute approximate surface area is 877 Å². The molecule has 7 atom stereocenters. The zero-order chi connectivity index (χ0) is 111. The summed E-state index contributed by atoms with van der Waals surface area (Å²) in [5, 5.41) is 22.3. The molecule has 42 nitrogen and oxygen atoms in total. The summed E-state index contributed by atoms with van der Waals surface area (Å²) in [6.07, 6.45) is 40.5. The predicted octanol–water partition coefficient (Wildman–Crippen LogP) is 8.17. The molecule has 7 unspecified atom stereocenters. The van der Waals surface area contributed by atoms with Crippen LogP contribution in [0.2, 0.25) is 0 Å². The topological polar surface area (TPSA) is 669 Å². The molecule has 0 aromatic heterocycles. The number of carbonyl (C=O) groups is 7. The number of terminal acetylenes is 1. The maximum Gasteiger partial charge on any atom is 0.384 e. The number of benzene rings is 2. The Bertz CT molecular complexity index is 5220. The van der Waals surface area contributed by atoms with E-state index in [2.05, 4.69) is 71.1 Å². The SMILES string of the molecule is C#CC(=O)OC(CNC1CCCCC1)CS(=O)(=O)[O-].C/C=C/C(=O)OC(CNC1CCCCC1)CS(=O)(=O)[O-].C=C(C)C(=O)OC(CNC1CCCCC1)CS(=O)(=O)[O-].C=CC(=O)OC(CNC1CCCCC1)CS(=O)(=O)[O-].CC(C)(C)c1ccc(C(=O)OC(CNC2CCCCC2)CS(=O)(=O)[O-])cc1.CCC(=O)OC(CNC1CCCCC1)CS(=O)(=O)[O-].Cc1ccc(C(=O)OC(CNC2CCCCC2)CS(=O)(=O)[O-])cc1. The Hall–Kier alpha value is -7.40. The van der Waals surface area contributed by atoms with Gasteiger partial charge in [-0.2, -0.15) is 0 Å². The van der Waals surface area contributed by atoms with Crippen molar-refractivity contribution in [2.24, 2.45) is 0 Å². The van der Waals surface area contributed by atoms with Gasteiger partial charge in [-0.3, -0.25) is 4.79 Å². The molecule has 7 saturated carbocycles. The van der Waals surface area contributed by atoms with Gasteiger partial charge in [-0.05, 0) is 146 Å². The van der Waals surface area contributed by atoms with Crippen LogP contribution in [0.1, 0.15) is 305 Å². The van der Waals surface area contributed by atoms with Crippen LogP contribution in [0.15, 0.2) is 85.5 Å². The van der Waals surface area contributed by atoms with Crippen molar-refractivity contribution < 1.29 is 158 Å². The van der Waals surface area contributed by atoms with Crippen molar-refractivity contribution in [2.45, 2.75) is 370 Å². The van der Waals surface area contributed by atoms with E-state index in [1.165, 1.54) is 64.0 Å². The summed E-state index contributed by atoms with van der Waals surface area (Å²) >= 11 is 0. The van der Waals surface area contributed by atoms with Gasteiger partial charge in [0, 0.05) is 118 Å². The Morgan fingerprint density at radius 3 is 0.804 bits per heavy atom. The minimum atomic E-state index is -4.50. The molecule has 2 aromatic carbocycles. The number of allylic oxidation sites excluding steroid dienone is 1. The van der Waals surface area contributed by atoms with Gasteiger partial charge in [0.25, 0.3) is 0 Å². The molecule has 0 saturated heterocycles. The lowest BCUT2D eigenvalue weighted by Gasteiger charge is -2.26. The van der Waals surface area contributed by atoms with Gasteiger partial charge in [0.05, 0.1) is 122 Å². The number of nitrogens with one attached hydrogen (secondary N) is 7. The van der Waals surface area contributed by atoms with E-state index in [1.54, 1.807) is 56.2 Å². The van der Waals surface area contributed by atoms with Gasteiger partial charge in [-0.1, -0.05) is 212 Å². The summed E-state index contributed by atoms with van der Waals surface area (Å²) in [5.74, 6) is -7.98. The van der Waals surface area contributed by atoms with Crippen LogP contribution in [0.3, 0.4) is 0 Å². The highest BCUT2D eigenvalue weighted by Gasteiger charge is 2.30. The summed E-state index contributed by atoms with van der Waals surface area (Å²) in [4.78, 5) is 80.6. The monoisotopic (exact) mass is 2230 g/mol. The first-order chi connectivity index (χ1) is 69.3. The largest absolute Gasteiger partial charge is 0.748 e. The van der Waals surface area contributed by atoms with Gasteiger partial charge in [0.1, 0.15) is 42.7 Å². The molecule has 0 spiro atoms. The molecule has 2 aromatic rings. The second kappa shape index (κ2) is 70.8. The van der Waals surface area contributed by atoms with Crippen LogP contribution in [0, 0.1) is 19.3 Å². The molecule has 148 heavy (non-hydrogen) atoms. The Balaban J connectivity index is 0.000000445. The van der Waals surface area contributed by atoms with Crippen LogP contribution in [0.25, 0.3) is 0 Å². The van der Waals surface area contributed by atoms with Gasteiger partial charge in [0.15, 0.2) is 0 Å². The molecule has 49 heteroatoms. The Kier molecular flexibility index (Phi) is 64.5. The van der Waals surface area contributed by atoms with Crippen molar-refractivity contribution in [3.05, 3.63) is 108 Å². The van der Waals surface area contributed by atoms with Crippen LogP contribution in [0.4, 0.5) is 0 Å². The van der Waals surface area contributed by atoms with Crippen LogP contribution in [-0.2, 0) is 133 Å². The van der Waals surface area contributed by atoms with E-state index in [-0.39, 0.29) is 81.3 Å². The Morgan fingerprint density at radius 2 is 0.588 bits per heavy atom. The lowest BCUT2D eigenvalue weighted by molar-refractivity contribution is -0.148. The van der Waals surface area contributed by atoms with Crippen LogP contribution >= 0.6 is 0 Å². The number of esters is 7. The quantitative estimate of drug-likeness (QED) is 0.00819. The molecule has 0 bridgehead atoms. The zero-order valence-electron chi connectivity index (χ0n) is 86.4. The normalized spacial score (nSPS) is 18.3. The fourth-order valence-corrected chi connectivity index (χ4v) is 21.8. The number of hydrogen-bond acceptors (Lipinski definition) is 42. The molecule has 7 fully saturated rings. The van der Waals surface area contributed by atoms with Gasteiger partial charge < -0.3 is 102 Å². The fourth-order valence-electron chi connectivity index (χ4n) is 17.3. The summed E-state index contributed by atoms with van der Waals surface area (Å²) in [5.41, 5.74) is 2.91. The minimum absolute atomic E-state index is 0.0362. The van der Waals surface area contributed by atoms with Crippen molar-refractivity contribution in [3.8, 4) is 12.3 Å². The lowest BCUT2D eigenvalue weighted by Crippen LogP contribution is -2.41. The average molecular weight is 2230 g/mol. The van der Waals surface area contributed by atoms with E-state index in [0.717, 1.165) is 197 Å². The second-order valence-electron chi connectivity index (χ2n) is 39.3. The standard InChI is InChI=1S/C20H31NO5S.C17H25NO5S.2C13H23NO5S.C12H23NO5S.C12H21NO5S.C12H19NO5S/c1-20(2,3)16-11-9-15(10-12-16)19(22)26-18(14-27(23,24)25)13-21-17-7-5-4-6-8-17;1-13-7-9-14(10-8-13)17(19)23-16(12-24(20,21)22)11-18-15-5-3-2-4-6-15;1-10(2)13(15)19-12(9-20(16,17)18)8-14-11-6-4-3-5-7-11;1-2-6-13(15)19-12(10-20(16,17)18)9-14-11-7-4-3-5-8-11;3*1-2-12(14)18-11(9-19(15,16)17)8-13-10-6-4-3-5-7-10/h9-12,17-18,21H,4-8,13-14H2,1-3H3,(H,23,24,25);7-10,15-16,18H,2-6,11-12H2,1H3,(H,20,21,22);11-12,14H,1,3-9H2,2H3,(H,16,17,18);2,6,11-12,14H,3-5,7-10H2,1H3,(H,16,17,18);10-11,13H,2-9H2,1H3,(H,15,16,17);2,10-11,13H,1,3-9H2,(H,15,16,17);1,10-11,13H,3-9H2,(H,15,16,17)/p-7/b;;;6-2+;;;. The van der Waals surface area contributed by atoms with Crippen LogP contribution < -0.4 is 37.2 Å². The van der Waals surface area contributed by atoms with Crippen molar-refractivity contribution in [1.29, 1.82) is 0 Å². The third-order valence-corrected chi connectivity index (χ3v) is 30.3. The molecule has 7 aliphatic carbocycles. The molecule has 9 rings (SSSR count). The van der Waals surface area contributed by atoms with E-state index in [4.69, 9.17) is 39.6 Å². The lowest BCUT2D eigenvalue weighted by atomic mass is 9.87. The van der Waals surface area contributed by atoms with E-state index < -0.39 is 196 Å². The van der Waals surface area contributed by atoms with Gasteiger partial charge in [-0.15, -0.1) is 6.42 Å². The smallest absolute Gasteiger partial charge is 0.384 e. The highest BCUT2D eigenvalue weighted by molar-refractivity contribution is 7.87. The van der Waals surface area contributed by atoms with E-state index in [9.17, 15) is 124 Å². The maximum atomic E-state index is 12.4. The summed E-state index contributed by atoms with van der Waals surface area (Å²) in [6.45, 7) is 20.8. The van der Waals surface area contributed by atoms with Crippen molar-refractivity contribution in [2.75, 3.05) is 86.1 Å². The number of hydrogen-bond donors (Lipinski definition) is 7. The molecule has 7 N–H and O–H groups in total. The number of ether oxygens (including phenoxy) is 7. The molecule has 0 amide bonds. The minimum Gasteiger partial charge on any atom is -0.748 e. The van der Waals surface area contributed by atoms with E-state index in [0.29, 0.717) is 35.3 Å². The third kappa shape index (κ3) is 70.0. The molecule has 0 radical (unpaired) electrons. The first kappa shape index (κ1) is 135. The first-order valence-electron chi connectivity index (χ1n) is 50.9. The van der Waals surface area contributed by atoms with Crippen LogP contribution in [0.5, 0.6) is 0 Å². The molecular weight excluding hydrogens is 2070 g/mol. The molecule has 0 aliphatic heterocycles. The van der Waals surface area contributed by atoms with Gasteiger partial charge in [-0.25, -0.2) is 87.7 Å². The zero-order valence-corrected chi connectivity index (χ0v) is 92.1. The fraction of sp³-hybridized carbons (Fsp3) is 0.727. The molecular formula is C99H158N7O35S7-7. The van der Waals surface area contributed by atoms with Crippen molar-refractivity contribution in [1.82, 2.24) is 37.2 Å². The maximum absolute atomic E-state index is 12.4. The van der Waals surface area contributed by atoms with Crippen molar-refractivity contribution >= 4 is 113 Å². The first-order valence-corrected chi connectivity index (χ1v) is 62.0. The number of carbonyl (C=O) groups excluding carboxylic acids is 7. The highest BCUT2D eigenvalue weighted by atomic mass is 32.2. The second-order valence-corrected chi connectivity index (χ2v) is 49.4. The molecule has 7 aliphatic rings. The van der Waals surface area contributed by atoms with E-state index in [1.807, 2.05) is 19.1 Å². The number of rotatable bonds is 48. The van der Waals surface area contributed by atoms with Gasteiger partial charge in [0.2, 0.25) is 0 Å². The predicted molar refractivity (Wildman–Crippen MR) is 549 cm³/mol. The van der Waals surface area contributed by atoms with Crippen molar-refractivity contribution in [3.63, 3.8) is 0 Å². The third-order valence-electron chi connectivity index (χ3n) is 24.9. The Morgan fingerprint density at radius 1 is 0.365 bits per heavy atom.